The standard InChI is InChI=1S/C12H11.2C7H7.CH3.Ti/c1-2-6-11(7-3-1)10-12-8-4-5-9-12;2*1-7-5-3-2-4-6-7;;/h1-4,6-8H,5,10H2;2*2-3,5-6H,1H3;1H3;. The van der Waals surface area contributed by atoms with E-state index in [1.54, 1.807) is 11.6 Å². The maximum absolute atomic E-state index is 2.70. The molecular formula is C27H28Ti. The summed E-state index contributed by atoms with van der Waals surface area (Å²) in [5, 5.41) is 2.59. The van der Waals surface area contributed by atoms with E-state index in [0.29, 0.717) is 0 Å². The van der Waals surface area contributed by atoms with Crippen LogP contribution in [0.1, 0.15) is 23.1 Å². The Morgan fingerprint density at radius 1 is 0.750 bits per heavy atom. The van der Waals surface area contributed by atoms with Crippen LogP contribution in [-0.4, -0.2) is 0 Å². The predicted octanol–water partition coefficient (Wildman–Crippen LogP) is 5.91. The number of aryl methyl sites for hydroxylation is 2. The van der Waals surface area contributed by atoms with E-state index in [1.165, 1.54) is 22.3 Å². The van der Waals surface area contributed by atoms with E-state index in [0.717, 1.165) is 12.8 Å². The van der Waals surface area contributed by atoms with Gasteiger partial charge in [0.25, 0.3) is 0 Å². The van der Waals surface area contributed by atoms with Gasteiger partial charge in [-0.1, -0.05) is 0 Å². The second-order valence-corrected chi connectivity index (χ2v) is 14.4. The van der Waals surface area contributed by atoms with Gasteiger partial charge < -0.3 is 0 Å². The molecule has 1 aliphatic rings. The number of hydrogen-bond acceptors (Lipinski definition) is 0. The fraction of sp³-hybridized carbons (Fsp3) is 0.185. The molecule has 0 aliphatic heterocycles. The second-order valence-electron chi connectivity index (χ2n) is 8.14. The molecule has 3 aromatic rings. The first-order valence-electron chi connectivity index (χ1n) is 10.1. The molecule has 4 rings (SSSR count). The van der Waals surface area contributed by atoms with Gasteiger partial charge in [-0.3, -0.25) is 0 Å². The van der Waals surface area contributed by atoms with E-state index >= 15 is 0 Å². The van der Waals surface area contributed by atoms with Crippen LogP contribution in [0.3, 0.4) is 0 Å². The number of rotatable bonds is 5. The van der Waals surface area contributed by atoms with Gasteiger partial charge in [-0.25, -0.2) is 0 Å². The summed E-state index contributed by atoms with van der Waals surface area (Å²) in [6.07, 6.45) is 6.89. The third kappa shape index (κ3) is 3.72. The predicted molar refractivity (Wildman–Crippen MR) is 118 cm³/mol. The number of allylic oxidation sites excluding steroid dienone is 4. The van der Waals surface area contributed by atoms with E-state index < -0.39 is 16.6 Å². The zero-order valence-electron chi connectivity index (χ0n) is 17.1. The summed E-state index contributed by atoms with van der Waals surface area (Å²) in [5.74, 6) is 0. The van der Waals surface area contributed by atoms with E-state index in [-0.39, 0.29) is 0 Å². The zero-order chi connectivity index (χ0) is 19.6. The first-order valence-corrected chi connectivity index (χ1v) is 14.0. The second kappa shape index (κ2) is 8.07. The molecule has 0 saturated heterocycles. The molecule has 0 saturated carbocycles. The molecule has 0 spiro atoms. The Morgan fingerprint density at radius 3 is 1.93 bits per heavy atom. The number of hydrogen-bond donors (Lipinski definition) is 0. The molecule has 3 aromatic carbocycles. The molecule has 0 unspecified atom stereocenters. The fourth-order valence-corrected chi connectivity index (χ4v) is 11.1. The molecular weight excluding hydrogens is 372 g/mol. The molecule has 0 N–H and O–H groups in total. The van der Waals surface area contributed by atoms with Gasteiger partial charge in [-0.15, -0.1) is 0 Å². The Kier molecular flexibility index (Phi) is 5.53. The Morgan fingerprint density at radius 2 is 1.36 bits per heavy atom. The van der Waals surface area contributed by atoms with E-state index in [1.807, 2.05) is 0 Å². The Balaban J connectivity index is 1.89. The molecule has 0 amide bonds. The van der Waals surface area contributed by atoms with Gasteiger partial charge in [0.1, 0.15) is 0 Å². The molecule has 0 nitrogen and oxygen atoms in total. The average Bonchev–Trinajstić information content (AvgIpc) is 3.17. The molecule has 140 valence electrons. The van der Waals surface area contributed by atoms with Crippen LogP contribution < -0.4 is 7.74 Å². The average molecular weight is 400 g/mol. The minimum atomic E-state index is -2.70. The van der Waals surface area contributed by atoms with E-state index in [9.17, 15) is 0 Å². The van der Waals surface area contributed by atoms with Crippen LogP contribution in [0, 0.1) is 13.8 Å². The summed E-state index contributed by atoms with van der Waals surface area (Å²) in [5.41, 5.74) is 5.66. The number of benzene rings is 3. The van der Waals surface area contributed by atoms with Gasteiger partial charge >= 0.3 is 173 Å². The fourth-order valence-electron chi connectivity index (χ4n) is 4.48. The van der Waals surface area contributed by atoms with Crippen LogP contribution in [0.2, 0.25) is 5.23 Å². The summed E-state index contributed by atoms with van der Waals surface area (Å²) >= 11 is -2.70. The van der Waals surface area contributed by atoms with Crippen molar-refractivity contribution in [1.29, 1.82) is 0 Å². The normalized spacial score (nSPS) is 14.0. The van der Waals surface area contributed by atoms with Crippen molar-refractivity contribution in [3.63, 3.8) is 0 Å². The van der Waals surface area contributed by atoms with Gasteiger partial charge in [-0.2, -0.15) is 0 Å². The first kappa shape index (κ1) is 19.2. The van der Waals surface area contributed by atoms with Crippen molar-refractivity contribution >= 4 is 7.74 Å². The topological polar surface area (TPSA) is 0 Å². The molecule has 0 atom stereocenters. The van der Waals surface area contributed by atoms with E-state index in [4.69, 9.17) is 0 Å². The molecule has 28 heavy (non-hydrogen) atoms. The maximum atomic E-state index is 2.59. The summed E-state index contributed by atoms with van der Waals surface area (Å²) in [6.45, 7) is 4.43. The van der Waals surface area contributed by atoms with Gasteiger partial charge in [-0.05, 0) is 0 Å². The van der Waals surface area contributed by atoms with Crippen LogP contribution in [0.4, 0.5) is 0 Å². The van der Waals surface area contributed by atoms with E-state index in [2.05, 4.69) is 110 Å². The van der Waals surface area contributed by atoms with Gasteiger partial charge in [0.2, 0.25) is 0 Å². The van der Waals surface area contributed by atoms with Crippen LogP contribution in [0.15, 0.2) is 100 Å². The first-order chi connectivity index (χ1) is 13.6. The van der Waals surface area contributed by atoms with Gasteiger partial charge in [0.15, 0.2) is 0 Å². The monoisotopic (exact) mass is 400 g/mol. The summed E-state index contributed by atoms with van der Waals surface area (Å²) < 4.78 is 4.84. The molecule has 0 bridgehead atoms. The van der Waals surface area contributed by atoms with Crippen molar-refractivity contribution in [3.8, 4) is 0 Å². The minimum absolute atomic E-state index is 1.03. The summed E-state index contributed by atoms with van der Waals surface area (Å²) in [4.78, 5) is 0. The van der Waals surface area contributed by atoms with Crippen LogP contribution in [-0.2, 0) is 23.0 Å². The van der Waals surface area contributed by atoms with Gasteiger partial charge in [0, 0.05) is 0 Å². The van der Waals surface area contributed by atoms with Crippen LogP contribution in [0.5, 0.6) is 0 Å². The van der Waals surface area contributed by atoms with Gasteiger partial charge in [0.05, 0.1) is 0 Å². The summed E-state index contributed by atoms with van der Waals surface area (Å²) in [6, 6.07) is 29.4. The Hall–Kier alpha value is -2.15. The molecule has 0 heterocycles. The van der Waals surface area contributed by atoms with Crippen molar-refractivity contribution < 1.29 is 16.6 Å². The molecule has 0 radical (unpaired) electrons. The van der Waals surface area contributed by atoms with Crippen molar-refractivity contribution in [3.05, 3.63) is 117 Å². The zero-order valence-corrected chi connectivity index (χ0v) is 18.6. The van der Waals surface area contributed by atoms with Crippen molar-refractivity contribution in [1.82, 2.24) is 0 Å². The third-order valence-electron chi connectivity index (χ3n) is 6.06. The Bertz CT molecular complexity index is 995. The molecule has 1 heteroatoms. The quantitative estimate of drug-likeness (QED) is 0.467. The molecule has 1 aliphatic carbocycles. The van der Waals surface area contributed by atoms with Crippen molar-refractivity contribution in [2.75, 3.05) is 0 Å². The van der Waals surface area contributed by atoms with Crippen molar-refractivity contribution in [2.45, 2.75) is 31.9 Å². The van der Waals surface area contributed by atoms with Crippen molar-refractivity contribution in [2.24, 2.45) is 0 Å². The summed E-state index contributed by atoms with van der Waals surface area (Å²) in [7, 11) is 0. The molecule has 0 fully saturated rings. The molecule has 0 aromatic heterocycles. The van der Waals surface area contributed by atoms with Crippen LogP contribution in [0.25, 0.3) is 0 Å². The van der Waals surface area contributed by atoms with Crippen LogP contribution >= 0.6 is 0 Å². The Labute approximate surface area is 173 Å². The third-order valence-corrected chi connectivity index (χ3v) is 13.3. The SMILES string of the molecule is Cc1ccc[c]([Ti]([CH3])([C]2=C(Cc3ccccc3)C=CC2)[c]2cccc(C)c2)c1.